The topological polar surface area (TPSA) is 71.1 Å². The van der Waals surface area contributed by atoms with E-state index in [4.69, 9.17) is 21.7 Å². The van der Waals surface area contributed by atoms with Crippen molar-refractivity contribution in [3.8, 4) is 28.4 Å². The number of fused-ring (bicyclic) bond motifs is 1. The number of esters is 1. The van der Waals surface area contributed by atoms with Gasteiger partial charge in [0.25, 0.3) is 0 Å². The quantitative estimate of drug-likeness (QED) is 0.634. The highest BCUT2D eigenvalue weighted by Crippen LogP contribution is 2.49. The third kappa shape index (κ3) is 3.20. The number of carbonyl (C=O) groups is 2. The normalized spacial score (nSPS) is 17.5. The van der Waals surface area contributed by atoms with Gasteiger partial charge in [-0.2, -0.15) is 0 Å². The molecule has 1 fully saturated rings. The molecule has 0 N–H and O–H groups in total. The molecule has 0 heterocycles. The lowest BCUT2D eigenvalue weighted by molar-refractivity contribution is -0.161. The Morgan fingerprint density at radius 2 is 1.83 bits per heavy atom. The van der Waals surface area contributed by atoms with Crippen LogP contribution in [0.1, 0.15) is 44.3 Å². The Hall–Kier alpha value is -3.02. The zero-order valence-corrected chi connectivity index (χ0v) is 17.2. The van der Waals surface area contributed by atoms with Gasteiger partial charge >= 0.3 is 5.97 Å². The van der Waals surface area contributed by atoms with Crippen molar-refractivity contribution in [2.45, 2.75) is 32.1 Å². The molecule has 0 aliphatic heterocycles. The van der Waals surface area contributed by atoms with Crippen LogP contribution < -0.4 is 14.2 Å². The third-order valence-corrected chi connectivity index (χ3v) is 6.20. The fraction of sp³-hybridized carbons (Fsp3) is 0.417. The van der Waals surface area contributed by atoms with Gasteiger partial charge in [0.05, 0.1) is 24.0 Å². The molecule has 0 radical (unpaired) electrons. The van der Waals surface area contributed by atoms with Crippen LogP contribution in [0.25, 0.3) is 11.1 Å². The summed E-state index contributed by atoms with van der Waals surface area (Å²) in [6, 6.07) is 9.00. The smallest absolute Gasteiger partial charge is 0.315 e. The molecule has 0 amide bonds. The first-order chi connectivity index (χ1) is 15.4. The molecule has 0 atom stereocenters. The molecule has 0 spiro atoms. The molecule has 2 aliphatic rings. The van der Waals surface area contributed by atoms with Crippen LogP contribution in [0, 0.1) is 5.41 Å². The predicted molar refractivity (Wildman–Crippen MR) is 111 cm³/mol. The van der Waals surface area contributed by atoms with Crippen LogP contribution in [0.2, 0.25) is 0 Å². The maximum atomic E-state index is 12.4. The second-order valence-electron chi connectivity index (χ2n) is 7.76. The summed E-state index contributed by atoms with van der Waals surface area (Å²) in [4.78, 5) is 24.7. The number of hydrogen-bond donors (Lipinski definition) is 0. The molecule has 2 aromatic carbocycles. The lowest BCUT2D eigenvalue weighted by Crippen LogP contribution is -2.44. The highest BCUT2D eigenvalue weighted by molar-refractivity contribution is 6.02. The van der Waals surface area contributed by atoms with E-state index in [1.54, 1.807) is 12.1 Å². The first-order valence-corrected chi connectivity index (χ1v) is 9.99. The highest BCUT2D eigenvalue weighted by Gasteiger charge is 2.46. The first kappa shape index (κ1) is 17.8. The second kappa shape index (κ2) is 8.01. The molecule has 6 nitrogen and oxygen atoms in total. The van der Waals surface area contributed by atoms with Crippen molar-refractivity contribution >= 4 is 11.8 Å². The van der Waals surface area contributed by atoms with Gasteiger partial charge < -0.3 is 18.9 Å². The number of Topliss-reactive ketones (excluding diaryl/α,β-unsaturated/α-hetero) is 1. The zero-order valence-electron chi connectivity index (χ0n) is 19.2. The number of ketones is 1. The van der Waals surface area contributed by atoms with Crippen molar-refractivity contribution in [1.29, 1.82) is 0 Å². The van der Waals surface area contributed by atoms with E-state index in [1.807, 2.05) is 18.2 Å². The Kier molecular flexibility index (Phi) is 4.76. The minimum absolute atomic E-state index is 0.103. The van der Waals surface area contributed by atoms with Gasteiger partial charge in [-0.3, -0.25) is 9.59 Å². The maximum Gasteiger partial charge on any atom is 0.315 e. The monoisotopic (exact) mass is 412 g/mol. The molecule has 158 valence electrons. The summed E-state index contributed by atoms with van der Waals surface area (Å²) in [5.41, 5.74) is 2.49. The van der Waals surface area contributed by atoms with E-state index < -0.39 is 12.5 Å². The van der Waals surface area contributed by atoms with E-state index >= 15 is 0 Å². The number of rotatable bonds is 7. The van der Waals surface area contributed by atoms with Gasteiger partial charge in [0.15, 0.2) is 17.3 Å². The van der Waals surface area contributed by atoms with Crippen LogP contribution in [0.5, 0.6) is 17.2 Å². The third-order valence-electron chi connectivity index (χ3n) is 6.20. The van der Waals surface area contributed by atoms with E-state index in [2.05, 4.69) is 0 Å². The van der Waals surface area contributed by atoms with Crippen molar-refractivity contribution in [3.63, 3.8) is 0 Å². The van der Waals surface area contributed by atoms with E-state index in [9.17, 15) is 9.59 Å². The van der Waals surface area contributed by atoms with E-state index in [0.717, 1.165) is 17.5 Å². The molecule has 0 unspecified atom stereocenters. The van der Waals surface area contributed by atoms with Crippen molar-refractivity contribution in [1.82, 2.24) is 0 Å². The molecular weight excluding hydrogens is 384 g/mol. The van der Waals surface area contributed by atoms with Crippen molar-refractivity contribution in [2.24, 2.45) is 5.41 Å². The molecule has 30 heavy (non-hydrogen) atoms. The van der Waals surface area contributed by atoms with Gasteiger partial charge in [-0.15, -0.1) is 0 Å². The van der Waals surface area contributed by atoms with Crippen LogP contribution in [0.3, 0.4) is 0 Å². The molecule has 0 saturated heterocycles. The summed E-state index contributed by atoms with van der Waals surface area (Å²) in [6.07, 6.45) is 3.36. The van der Waals surface area contributed by atoms with Gasteiger partial charge in [-0.25, -0.2) is 0 Å². The zero-order chi connectivity index (χ0) is 22.9. The summed E-state index contributed by atoms with van der Waals surface area (Å²) >= 11 is 0. The van der Waals surface area contributed by atoms with E-state index in [0.29, 0.717) is 42.6 Å². The Morgan fingerprint density at radius 1 is 1.03 bits per heavy atom. The Balaban J connectivity index is 1.80. The largest absolute Gasteiger partial charge is 0.493 e. The van der Waals surface area contributed by atoms with Gasteiger partial charge in [0, 0.05) is 17.5 Å². The van der Waals surface area contributed by atoms with Crippen LogP contribution in [-0.4, -0.2) is 39.6 Å². The van der Waals surface area contributed by atoms with E-state index in [1.165, 1.54) is 14.2 Å². The van der Waals surface area contributed by atoms with Crippen LogP contribution in [0.4, 0.5) is 0 Å². The summed E-state index contributed by atoms with van der Waals surface area (Å²) < 4.78 is 37.1. The minimum Gasteiger partial charge on any atom is -0.493 e. The van der Waals surface area contributed by atoms with Crippen molar-refractivity contribution in [3.05, 3.63) is 41.5 Å². The molecule has 0 aromatic heterocycles. The second-order valence-corrected chi connectivity index (χ2v) is 7.76. The lowest BCUT2D eigenvalue weighted by atomic mass is 9.69. The molecule has 1 saturated carbocycles. The van der Waals surface area contributed by atoms with Gasteiger partial charge in [0.2, 0.25) is 5.75 Å². The summed E-state index contributed by atoms with van der Waals surface area (Å²) in [6.45, 7) is 0.103. The number of ether oxygens (including phenoxy) is 4. The molecule has 2 aromatic rings. The first-order valence-electron chi connectivity index (χ1n) is 11.1. The Morgan fingerprint density at radius 3 is 2.50 bits per heavy atom. The van der Waals surface area contributed by atoms with Gasteiger partial charge in [0.1, 0.15) is 12.0 Å². The Bertz CT molecular complexity index is 1050. The van der Waals surface area contributed by atoms with Gasteiger partial charge in [-0.1, -0.05) is 24.6 Å². The Labute approximate surface area is 178 Å². The SMILES string of the molecule is [2H]C([2H])Oc1ccc(-c2cccc3c2CCC3=O)c(OCC2(C(=O)OC)CCC2)c1OC. The molecule has 2 aliphatic carbocycles. The van der Waals surface area contributed by atoms with Crippen molar-refractivity contribution < 1.29 is 31.3 Å². The minimum atomic E-state index is -1.55. The predicted octanol–water partition coefficient (Wildman–Crippen LogP) is 4.22. The van der Waals surface area contributed by atoms with Crippen LogP contribution in [0.15, 0.2) is 30.3 Å². The standard InChI is InChI=1S/C24H26O6/c1-27-20-11-9-18(15-6-4-7-17-16(15)8-10-19(17)25)21(22(20)28-2)30-14-24(12-5-13-24)23(26)29-3/h4,6-7,9,11H,5,8,10,12-14H2,1-3H3/i1D2. The summed E-state index contributed by atoms with van der Waals surface area (Å²) in [7, 11) is 1.28. The average molecular weight is 412 g/mol. The van der Waals surface area contributed by atoms with Crippen LogP contribution in [-0.2, 0) is 16.0 Å². The van der Waals surface area contributed by atoms with E-state index in [-0.39, 0.29) is 29.9 Å². The lowest BCUT2D eigenvalue weighted by Gasteiger charge is -2.38. The molecule has 0 bridgehead atoms. The van der Waals surface area contributed by atoms with Crippen molar-refractivity contribution in [2.75, 3.05) is 27.9 Å². The van der Waals surface area contributed by atoms with Crippen LogP contribution >= 0.6 is 0 Å². The summed E-state index contributed by atoms with van der Waals surface area (Å²) in [5, 5.41) is 0. The number of carbonyl (C=O) groups excluding carboxylic acids is 2. The summed E-state index contributed by atoms with van der Waals surface area (Å²) in [5.74, 6) is 0.606. The molecular formula is C24H26O6. The average Bonchev–Trinajstić information content (AvgIpc) is 3.13. The fourth-order valence-corrected chi connectivity index (χ4v) is 4.37. The fourth-order valence-electron chi connectivity index (χ4n) is 4.37. The molecule has 6 heteroatoms. The molecule has 4 rings (SSSR count). The number of benzene rings is 2. The van der Waals surface area contributed by atoms with Gasteiger partial charge in [-0.05, 0) is 42.5 Å². The highest BCUT2D eigenvalue weighted by atomic mass is 16.5. The number of hydrogen-bond acceptors (Lipinski definition) is 6. The maximum absolute atomic E-state index is 12.4. The number of methoxy groups -OCH3 is 3.